The number of esters is 1. The fourth-order valence-electron chi connectivity index (χ4n) is 2.82. The zero-order chi connectivity index (χ0) is 22.6. The first kappa shape index (κ1) is 22.0. The van der Waals surface area contributed by atoms with Crippen molar-refractivity contribution < 1.29 is 22.7 Å². The van der Waals surface area contributed by atoms with Gasteiger partial charge < -0.3 is 10.1 Å². The molecule has 8 heteroatoms. The molecule has 160 valence electrons. The van der Waals surface area contributed by atoms with Gasteiger partial charge in [-0.25, -0.2) is 13.2 Å². The van der Waals surface area contributed by atoms with Gasteiger partial charge in [-0.15, -0.1) is 0 Å². The first-order chi connectivity index (χ1) is 14.7. The lowest BCUT2D eigenvalue weighted by molar-refractivity contribution is 0.0600. The van der Waals surface area contributed by atoms with Crippen molar-refractivity contribution in [3.8, 4) is 0 Å². The maximum Gasteiger partial charge on any atom is 0.337 e. The van der Waals surface area contributed by atoms with Crippen molar-refractivity contribution in [1.82, 2.24) is 0 Å². The molecule has 0 unspecified atom stereocenters. The van der Waals surface area contributed by atoms with Crippen LogP contribution < -0.4 is 10.0 Å². The molecule has 0 atom stereocenters. The van der Waals surface area contributed by atoms with E-state index in [0.717, 1.165) is 11.1 Å². The molecule has 1 amide bonds. The zero-order valence-corrected chi connectivity index (χ0v) is 18.1. The Hall–Kier alpha value is -3.65. The molecule has 0 aliphatic carbocycles. The summed E-state index contributed by atoms with van der Waals surface area (Å²) >= 11 is 0. The summed E-state index contributed by atoms with van der Waals surface area (Å²) < 4.78 is 32.4. The Labute approximate surface area is 181 Å². The number of hydrogen-bond donors (Lipinski definition) is 2. The SMILES string of the molecule is COC(=O)c1ccc(C(=O)Nc2ccc(S(=O)(=O)Nc3ccc(C)c(C)c3)cc2)cc1. The number of hydrogen-bond acceptors (Lipinski definition) is 5. The molecule has 31 heavy (non-hydrogen) atoms. The highest BCUT2D eigenvalue weighted by atomic mass is 32.2. The maximum atomic E-state index is 12.6. The first-order valence-corrected chi connectivity index (χ1v) is 10.9. The van der Waals surface area contributed by atoms with Crippen LogP contribution in [-0.2, 0) is 14.8 Å². The Balaban J connectivity index is 1.69. The molecule has 0 aromatic heterocycles. The maximum absolute atomic E-state index is 12.6. The van der Waals surface area contributed by atoms with E-state index in [1.807, 2.05) is 19.9 Å². The van der Waals surface area contributed by atoms with Crippen LogP contribution in [0.5, 0.6) is 0 Å². The molecule has 0 aliphatic rings. The van der Waals surface area contributed by atoms with Crippen LogP contribution in [0.15, 0.2) is 71.6 Å². The smallest absolute Gasteiger partial charge is 0.337 e. The van der Waals surface area contributed by atoms with Crippen LogP contribution in [0.2, 0.25) is 0 Å². The van der Waals surface area contributed by atoms with Crippen LogP contribution in [0.3, 0.4) is 0 Å². The van der Waals surface area contributed by atoms with Gasteiger partial charge in [-0.3, -0.25) is 9.52 Å². The van der Waals surface area contributed by atoms with E-state index in [4.69, 9.17) is 0 Å². The molecule has 0 spiro atoms. The Bertz CT molecular complexity index is 1220. The van der Waals surface area contributed by atoms with Crippen LogP contribution in [0.1, 0.15) is 31.8 Å². The number of anilines is 2. The molecule has 0 heterocycles. The standard InChI is InChI=1S/C23H22N2O5S/c1-15-4-9-20(14-16(15)2)25-31(28,29)21-12-10-19(11-13-21)24-22(26)17-5-7-18(8-6-17)23(27)30-3/h4-14,25H,1-3H3,(H,24,26). The van der Waals surface area contributed by atoms with E-state index >= 15 is 0 Å². The summed E-state index contributed by atoms with van der Waals surface area (Å²) in [6.07, 6.45) is 0. The molecule has 0 aliphatic heterocycles. The number of aryl methyl sites for hydroxylation is 2. The number of sulfonamides is 1. The Kier molecular flexibility index (Phi) is 6.41. The summed E-state index contributed by atoms with van der Waals surface area (Å²) in [6, 6.07) is 17.2. The first-order valence-electron chi connectivity index (χ1n) is 9.39. The summed E-state index contributed by atoms with van der Waals surface area (Å²) in [5.74, 6) is -0.876. The Morgan fingerprint density at radius 2 is 1.35 bits per heavy atom. The fourth-order valence-corrected chi connectivity index (χ4v) is 3.86. The van der Waals surface area contributed by atoms with Gasteiger partial charge in [-0.05, 0) is 85.6 Å². The second kappa shape index (κ2) is 9.01. The normalized spacial score (nSPS) is 10.9. The van der Waals surface area contributed by atoms with Crippen LogP contribution >= 0.6 is 0 Å². The van der Waals surface area contributed by atoms with Crippen LogP contribution in [0, 0.1) is 13.8 Å². The minimum atomic E-state index is -3.76. The van der Waals surface area contributed by atoms with Crippen LogP contribution in [0.25, 0.3) is 0 Å². The number of amides is 1. The second-order valence-corrected chi connectivity index (χ2v) is 8.63. The largest absolute Gasteiger partial charge is 0.465 e. The Morgan fingerprint density at radius 3 is 1.94 bits per heavy atom. The van der Waals surface area contributed by atoms with Gasteiger partial charge in [0, 0.05) is 16.9 Å². The number of carbonyl (C=O) groups excluding carboxylic acids is 2. The van der Waals surface area contributed by atoms with Crippen molar-refractivity contribution in [2.45, 2.75) is 18.7 Å². The third kappa shape index (κ3) is 5.29. The van der Waals surface area contributed by atoms with Gasteiger partial charge in [0.25, 0.3) is 15.9 Å². The lowest BCUT2D eigenvalue weighted by Crippen LogP contribution is -2.14. The molecular weight excluding hydrogens is 416 g/mol. The summed E-state index contributed by atoms with van der Waals surface area (Å²) in [5, 5.41) is 2.69. The van der Waals surface area contributed by atoms with Crippen molar-refractivity contribution >= 4 is 33.3 Å². The van der Waals surface area contributed by atoms with Gasteiger partial charge in [0.05, 0.1) is 17.6 Å². The van der Waals surface area contributed by atoms with Crippen molar-refractivity contribution in [3.63, 3.8) is 0 Å². The summed E-state index contributed by atoms with van der Waals surface area (Å²) in [6.45, 7) is 3.86. The third-order valence-electron chi connectivity index (χ3n) is 4.75. The summed E-state index contributed by atoms with van der Waals surface area (Å²) in [4.78, 5) is 23.9. The average molecular weight is 439 g/mol. The van der Waals surface area contributed by atoms with E-state index in [-0.39, 0.29) is 10.8 Å². The number of benzene rings is 3. The second-order valence-electron chi connectivity index (χ2n) is 6.95. The molecular formula is C23H22N2O5S. The number of rotatable bonds is 6. The molecule has 2 N–H and O–H groups in total. The highest BCUT2D eigenvalue weighted by molar-refractivity contribution is 7.92. The lowest BCUT2D eigenvalue weighted by Gasteiger charge is -2.11. The van der Waals surface area contributed by atoms with E-state index in [1.54, 1.807) is 12.1 Å². The monoisotopic (exact) mass is 438 g/mol. The van der Waals surface area contributed by atoms with Crippen molar-refractivity contribution in [1.29, 1.82) is 0 Å². The molecule has 0 saturated carbocycles. The molecule has 7 nitrogen and oxygen atoms in total. The van der Waals surface area contributed by atoms with Gasteiger partial charge in [-0.1, -0.05) is 6.07 Å². The number of carbonyl (C=O) groups is 2. The van der Waals surface area contributed by atoms with Gasteiger partial charge in [0.15, 0.2) is 0 Å². The quantitative estimate of drug-likeness (QED) is 0.563. The molecule has 3 aromatic carbocycles. The highest BCUT2D eigenvalue weighted by Crippen LogP contribution is 2.21. The predicted molar refractivity (Wildman–Crippen MR) is 119 cm³/mol. The molecule has 0 radical (unpaired) electrons. The molecule has 3 rings (SSSR count). The van der Waals surface area contributed by atoms with Gasteiger partial charge >= 0.3 is 5.97 Å². The third-order valence-corrected chi connectivity index (χ3v) is 6.15. The van der Waals surface area contributed by atoms with E-state index < -0.39 is 16.0 Å². The topological polar surface area (TPSA) is 102 Å². The molecule has 0 saturated heterocycles. The van der Waals surface area contributed by atoms with Gasteiger partial charge in [-0.2, -0.15) is 0 Å². The number of nitrogens with one attached hydrogen (secondary N) is 2. The van der Waals surface area contributed by atoms with Crippen molar-refractivity contribution in [3.05, 3.63) is 89.0 Å². The zero-order valence-electron chi connectivity index (χ0n) is 17.3. The summed E-state index contributed by atoms with van der Waals surface area (Å²) in [5.41, 5.74) is 3.66. The van der Waals surface area contributed by atoms with E-state index in [0.29, 0.717) is 22.5 Å². The molecule has 3 aromatic rings. The lowest BCUT2D eigenvalue weighted by atomic mass is 10.1. The van der Waals surface area contributed by atoms with Crippen molar-refractivity contribution in [2.75, 3.05) is 17.1 Å². The van der Waals surface area contributed by atoms with Crippen molar-refractivity contribution in [2.24, 2.45) is 0 Å². The number of ether oxygens (including phenoxy) is 1. The van der Waals surface area contributed by atoms with Gasteiger partial charge in [0.1, 0.15) is 0 Å². The Morgan fingerprint density at radius 1 is 0.774 bits per heavy atom. The predicted octanol–water partition coefficient (Wildman–Crippen LogP) is 4.14. The molecule has 0 bridgehead atoms. The van der Waals surface area contributed by atoms with E-state index in [9.17, 15) is 18.0 Å². The highest BCUT2D eigenvalue weighted by Gasteiger charge is 2.15. The minimum absolute atomic E-state index is 0.0751. The average Bonchev–Trinajstić information content (AvgIpc) is 2.76. The van der Waals surface area contributed by atoms with Gasteiger partial charge in [0.2, 0.25) is 0 Å². The minimum Gasteiger partial charge on any atom is -0.465 e. The van der Waals surface area contributed by atoms with Crippen LogP contribution in [0.4, 0.5) is 11.4 Å². The summed E-state index contributed by atoms with van der Waals surface area (Å²) in [7, 11) is -2.48. The molecule has 0 fully saturated rings. The number of methoxy groups -OCH3 is 1. The van der Waals surface area contributed by atoms with E-state index in [1.165, 1.54) is 55.6 Å². The van der Waals surface area contributed by atoms with E-state index in [2.05, 4.69) is 14.8 Å². The fraction of sp³-hybridized carbons (Fsp3) is 0.130. The van der Waals surface area contributed by atoms with Crippen LogP contribution in [-0.4, -0.2) is 27.4 Å².